The average Bonchev–Trinajstić information content (AvgIpc) is 2.30. The van der Waals surface area contributed by atoms with E-state index in [4.69, 9.17) is 15.3 Å². The van der Waals surface area contributed by atoms with Crippen molar-refractivity contribution in [2.75, 3.05) is 14.2 Å². The molecule has 1 rings (SSSR count). The Balaban J connectivity index is 3.06. The van der Waals surface area contributed by atoms with Crippen LogP contribution in [-0.4, -0.2) is 20.1 Å². The van der Waals surface area contributed by atoms with Gasteiger partial charge in [-0.3, -0.25) is 10.2 Å². The monoisotopic (exact) mass is 224 g/mol. The Morgan fingerprint density at radius 3 is 2.38 bits per heavy atom. The van der Waals surface area contributed by atoms with Crippen molar-refractivity contribution >= 4 is 5.91 Å². The number of methoxy groups -OCH3 is 2. The highest BCUT2D eigenvalue weighted by Gasteiger charge is 2.10. The molecule has 0 aliphatic heterocycles. The maximum atomic E-state index is 11.2. The number of aryl methyl sites for hydroxylation is 1. The van der Waals surface area contributed by atoms with Crippen molar-refractivity contribution in [1.82, 2.24) is 5.43 Å². The van der Waals surface area contributed by atoms with Crippen LogP contribution in [-0.2, 0) is 11.2 Å². The molecule has 5 nitrogen and oxygen atoms in total. The zero-order valence-corrected chi connectivity index (χ0v) is 9.66. The van der Waals surface area contributed by atoms with Crippen LogP contribution in [0.4, 0.5) is 0 Å². The van der Waals surface area contributed by atoms with E-state index < -0.39 is 0 Å². The highest BCUT2D eigenvalue weighted by atomic mass is 16.5. The summed E-state index contributed by atoms with van der Waals surface area (Å²) in [6.07, 6.45) is 0.225. The lowest BCUT2D eigenvalue weighted by atomic mass is 10.0. The molecule has 3 N–H and O–H groups in total. The highest BCUT2D eigenvalue weighted by molar-refractivity contribution is 5.78. The van der Waals surface area contributed by atoms with E-state index in [-0.39, 0.29) is 12.3 Å². The van der Waals surface area contributed by atoms with Gasteiger partial charge in [0.05, 0.1) is 20.6 Å². The van der Waals surface area contributed by atoms with Gasteiger partial charge in [0.2, 0.25) is 5.91 Å². The molecule has 0 aliphatic rings. The van der Waals surface area contributed by atoms with Crippen molar-refractivity contribution in [3.63, 3.8) is 0 Å². The molecule has 0 heterocycles. The molecule has 0 unspecified atom stereocenters. The fraction of sp³-hybridized carbons (Fsp3) is 0.364. The number of ether oxygens (including phenoxy) is 2. The van der Waals surface area contributed by atoms with Crippen molar-refractivity contribution in [3.8, 4) is 11.5 Å². The number of nitrogens with one attached hydrogen (secondary N) is 1. The van der Waals surface area contributed by atoms with Crippen LogP contribution in [0.3, 0.4) is 0 Å². The average molecular weight is 224 g/mol. The summed E-state index contributed by atoms with van der Waals surface area (Å²) in [7, 11) is 3.13. The number of rotatable bonds is 4. The summed E-state index contributed by atoms with van der Waals surface area (Å²) in [5, 5.41) is 0. The van der Waals surface area contributed by atoms with Gasteiger partial charge in [0.1, 0.15) is 0 Å². The third kappa shape index (κ3) is 2.64. The van der Waals surface area contributed by atoms with Crippen LogP contribution < -0.4 is 20.7 Å². The molecule has 0 radical (unpaired) electrons. The molecule has 0 saturated heterocycles. The lowest BCUT2D eigenvalue weighted by Crippen LogP contribution is -2.31. The fourth-order valence-corrected chi connectivity index (χ4v) is 1.44. The molecule has 0 spiro atoms. The summed E-state index contributed by atoms with van der Waals surface area (Å²) in [5.41, 5.74) is 3.92. The topological polar surface area (TPSA) is 73.6 Å². The molecule has 0 aromatic heterocycles. The van der Waals surface area contributed by atoms with E-state index in [1.54, 1.807) is 20.3 Å². The van der Waals surface area contributed by atoms with Crippen molar-refractivity contribution in [2.24, 2.45) is 5.84 Å². The van der Waals surface area contributed by atoms with Gasteiger partial charge in [-0.2, -0.15) is 0 Å². The van der Waals surface area contributed by atoms with Gasteiger partial charge in [0.15, 0.2) is 11.5 Å². The number of hydrogen-bond acceptors (Lipinski definition) is 4. The third-order valence-electron chi connectivity index (χ3n) is 2.35. The number of carbonyl (C=O) groups excluding carboxylic acids is 1. The van der Waals surface area contributed by atoms with Crippen LogP contribution in [0, 0.1) is 6.92 Å². The van der Waals surface area contributed by atoms with Gasteiger partial charge in [0, 0.05) is 0 Å². The molecular weight excluding hydrogens is 208 g/mol. The lowest BCUT2D eigenvalue weighted by molar-refractivity contribution is -0.120. The Labute approximate surface area is 94.5 Å². The predicted octanol–water partition coefficient (Wildman–Crippen LogP) is 0.545. The maximum absolute atomic E-state index is 11.2. The van der Waals surface area contributed by atoms with E-state index in [1.807, 2.05) is 13.0 Å². The van der Waals surface area contributed by atoms with Crippen molar-refractivity contribution in [3.05, 3.63) is 23.3 Å². The summed E-state index contributed by atoms with van der Waals surface area (Å²) in [6, 6.07) is 3.61. The second-order valence-electron chi connectivity index (χ2n) is 3.38. The summed E-state index contributed by atoms with van der Waals surface area (Å²) in [4.78, 5) is 11.2. The molecule has 1 aromatic carbocycles. The lowest BCUT2D eigenvalue weighted by Gasteiger charge is -2.12. The van der Waals surface area contributed by atoms with E-state index in [9.17, 15) is 4.79 Å². The molecule has 16 heavy (non-hydrogen) atoms. The van der Waals surface area contributed by atoms with E-state index in [1.165, 1.54) is 0 Å². The minimum atomic E-state index is -0.240. The minimum Gasteiger partial charge on any atom is -0.493 e. The first-order valence-corrected chi connectivity index (χ1v) is 4.83. The molecule has 1 aromatic rings. The fourth-order valence-electron chi connectivity index (χ4n) is 1.44. The number of hydrogen-bond donors (Lipinski definition) is 2. The predicted molar refractivity (Wildman–Crippen MR) is 60.3 cm³/mol. The largest absolute Gasteiger partial charge is 0.493 e. The quantitative estimate of drug-likeness (QED) is 0.445. The number of benzene rings is 1. The van der Waals surface area contributed by atoms with Crippen LogP contribution in [0.25, 0.3) is 0 Å². The van der Waals surface area contributed by atoms with E-state index >= 15 is 0 Å². The molecular formula is C11H16N2O3. The molecule has 0 saturated carbocycles. The van der Waals surface area contributed by atoms with Gasteiger partial charge in [-0.25, -0.2) is 5.84 Å². The van der Waals surface area contributed by atoms with Crippen LogP contribution in [0.5, 0.6) is 11.5 Å². The van der Waals surface area contributed by atoms with Gasteiger partial charge in [-0.15, -0.1) is 0 Å². The van der Waals surface area contributed by atoms with Gasteiger partial charge in [-0.05, 0) is 30.2 Å². The summed E-state index contributed by atoms with van der Waals surface area (Å²) in [5.74, 6) is 6.06. The second-order valence-corrected chi connectivity index (χ2v) is 3.38. The van der Waals surface area contributed by atoms with E-state index in [2.05, 4.69) is 5.43 Å². The van der Waals surface area contributed by atoms with E-state index in [0.717, 1.165) is 11.1 Å². The molecule has 0 fully saturated rings. The van der Waals surface area contributed by atoms with E-state index in [0.29, 0.717) is 11.5 Å². The molecule has 1 amide bonds. The van der Waals surface area contributed by atoms with Crippen molar-refractivity contribution in [1.29, 1.82) is 0 Å². The number of carbonyl (C=O) groups is 1. The Hall–Kier alpha value is -1.75. The van der Waals surface area contributed by atoms with Gasteiger partial charge >= 0.3 is 0 Å². The first-order chi connectivity index (χ1) is 7.62. The van der Waals surface area contributed by atoms with Gasteiger partial charge in [0.25, 0.3) is 0 Å². The Morgan fingerprint density at radius 1 is 1.31 bits per heavy atom. The van der Waals surface area contributed by atoms with Crippen molar-refractivity contribution in [2.45, 2.75) is 13.3 Å². The first-order valence-electron chi connectivity index (χ1n) is 4.83. The normalized spacial score (nSPS) is 9.75. The second kappa shape index (κ2) is 5.37. The molecule has 88 valence electrons. The molecule has 0 bridgehead atoms. The number of nitrogens with two attached hydrogens (primary N) is 1. The zero-order chi connectivity index (χ0) is 12.1. The maximum Gasteiger partial charge on any atom is 0.238 e. The first kappa shape index (κ1) is 12.3. The zero-order valence-electron chi connectivity index (χ0n) is 9.66. The summed E-state index contributed by atoms with van der Waals surface area (Å²) < 4.78 is 10.3. The Morgan fingerprint density at radius 2 is 1.88 bits per heavy atom. The summed E-state index contributed by atoms with van der Waals surface area (Å²) >= 11 is 0. The summed E-state index contributed by atoms with van der Waals surface area (Å²) in [6.45, 7) is 1.90. The molecule has 5 heteroatoms. The smallest absolute Gasteiger partial charge is 0.238 e. The molecule has 0 atom stereocenters. The SMILES string of the molecule is COc1cc(C)c(CC(=O)NN)cc1OC. The van der Waals surface area contributed by atoms with Crippen LogP contribution in [0.15, 0.2) is 12.1 Å². The van der Waals surface area contributed by atoms with Gasteiger partial charge < -0.3 is 9.47 Å². The van der Waals surface area contributed by atoms with Crippen LogP contribution >= 0.6 is 0 Å². The third-order valence-corrected chi connectivity index (χ3v) is 2.35. The highest BCUT2D eigenvalue weighted by Crippen LogP contribution is 2.30. The van der Waals surface area contributed by atoms with Gasteiger partial charge in [-0.1, -0.05) is 0 Å². The standard InChI is InChI=1S/C11H16N2O3/c1-7-4-9(15-2)10(16-3)5-8(7)6-11(14)13-12/h4-5H,6,12H2,1-3H3,(H,13,14). The van der Waals surface area contributed by atoms with Crippen molar-refractivity contribution < 1.29 is 14.3 Å². The minimum absolute atomic E-state index is 0.225. The number of hydrazine groups is 1. The Bertz CT molecular complexity index is 391. The Kier molecular flexibility index (Phi) is 4.13. The molecule has 0 aliphatic carbocycles. The van der Waals surface area contributed by atoms with Crippen LogP contribution in [0.1, 0.15) is 11.1 Å². The van der Waals surface area contributed by atoms with Crippen LogP contribution in [0.2, 0.25) is 0 Å². The number of amides is 1.